The molecule has 6 atom stereocenters. The van der Waals surface area contributed by atoms with E-state index < -0.39 is 38.7 Å². The fourth-order valence-corrected chi connectivity index (χ4v) is 10.4. The van der Waals surface area contributed by atoms with Crippen LogP contribution in [0.15, 0.2) is 72.8 Å². The summed E-state index contributed by atoms with van der Waals surface area (Å²) >= 11 is 18.1. The van der Waals surface area contributed by atoms with Crippen molar-refractivity contribution in [2.75, 3.05) is 0 Å². The molecule has 0 saturated carbocycles. The van der Waals surface area contributed by atoms with Gasteiger partial charge < -0.3 is 20.4 Å². The highest BCUT2D eigenvalue weighted by molar-refractivity contribution is 7.74. The lowest BCUT2D eigenvalue weighted by Gasteiger charge is -2.52. The van der Waals surface area contributed by atoms with Gasteiger partial charge in [-0.3, -0.25) is 0 Å². The van der Waals surface area contributed by atoms with Crippen molar-refractivity contribution in [1.29, 1.82) is 0 Å². The standard InChI is InChI=1S/C22H19Cl3O4P2/c23-14-3-1-13(2-4-14)22(29)21(28)30(17-9-5-15(24)6-10-17)19(26)20(27)31(22)18-11-7-16(25)8-12-18/h1-12,19-21,26-29H. The summed E-state index contributed by atoms with van der Waals surface area (Å²) in [5.41, 5.74) is 0.415. The lowest BCUT2D eigenvalue weighted by atomic mass is 10.1. The van der Waals surface area contributed by atoms with Crippen molar-refractivity contribution >= 4 is 61.3 Å². The topological polar surface area (TPSA) is 80.9 Å². The van der Waals surface area contributed by atoms with Crippen LogP contribution in [-0.2, 0) is 5.34 Å². The van der Waals surface area contributed by atoms with E-state index in [0.717, 1.165) is 0 Å². The molecular weight excluding hydrogens is 497 g/mol. The third kappa shape index (κ3) is 4.27. The normalized spacial score (nSPS) is 30.9. The molecule has 1 aliphatic rings. The maximum atomic E-state index is 12.1. The monoisotopic (exact) mass is 514 g/mol. The highest BCUT2D eigenvalue weighted by Gasteiger charge is 2.59. The molecule has 0 aromatic heterocycles. The first-order chi connectivity index (χ1) is 14.7. The fourth-order valence-electron chi connectivity index (χ4n) is 3.78. The first-order valence-electron chi connectivity index (χ1n) is 9.35. The van der Waals surface area contributed by atoms with E-state index in [1.807, 2.05) is 0 Å². The van der Waals surface area contributed by atoms with Crippen LogP contribution in [0.4, 0.5) is 0 Å². The quantitative estimate of drug-likeness (QED) is 0.391. The SMILES string of the molecule is OC1C(O)P(c2ccc(Cl)cc2)C(O)(c2ccc(Cl)cc2)C(O)P1c1ccc(Cl)cc1. The van der Waals surface area contributed by atoms with Crippen LogP contribution in [0.3, 0.4) is 0 Å². The summed E-state index contributed by atoms with van der Waals surface area (Å²) in [5, 5.41) is 46.8. The van der Waals surface area contributed by atoms with Crippen LogP contribution < -0.4 is 10.6 Å². The predicted octanol–water partition coefficient (Wildman–Crippen LogP) is 4.38. The van der Waals surface area contributed by atoms with Gasteiger partial charge in [0, 0.05) is 15.1 Å². The van der Waals surface area contributed by atoms with Gasteiger partial charge in [-0.15, -0.1) is 0 Å². The van der Waals surface area contributed by atoms with Crippen molar-refractivity contribution in [2.45, 2.75) is 22.9 Å². The zero-order valence-corrected chi connectivity index (χ0v) is 20.0. The lowest BCUT2D eigenvalue weighted by Crippen LogP contribution is -2.52. The molecule has 31 heavy (non-hydrogen) atoms. The van der Waals surface area contributed by atoms with Crippen LogP contribution in [0, 0.1) is 0 Å². The third-order valence-corrected chi connectivity index (χ3v) is 12.1. The molecule has 1 saturated heterocycles. The summed E-state index contributed by atoms with van der Waals surface area (Å²) in [6, 6.07) is 19.9. The van der Waals surface area contributed by atoms with Crippen LogP contribution in [0.1, 0.15) is 5.56 Å². The van der Waals surface area contributed by atoms with Gasteiger partial charge in [-0.2, -0.15) is 0 Å². The summed E-state index contributed by atoms with van der Waals surface area (Å²) in [4.78, 5) is 0. The zero-order valence-electron chi connectivity index (χ0n) is 16.0. The molecule has 3 aromatic carbocycles. The fraction of sp³-hybridized carbons (Fsp3) is 0.182. The largest absolute Gasteiger partial charge is 0.385 e. The van der Waals surface area contributed by atoms with Crippen molar-refractivity contribution in [2.24, 2.45) is 0 Å². The first-order valence-corrected chi connectivity index (χ1v) is 13.4. The minimum absolute atomic E-state index is 0.415. The second-order valence-corrected chi connectivity index (χ2v) is 13.3. The molecule has 4 rings (SSSR count). The Kier molecular flexibility index (Phi) is 6.97. The Bertz CT molecular complexity index is 1050. The Balaban J connectivity index is 1.89. The summed E-state index contributed by atoms with van der Waals surface area (Å²) in [6.07, 6.45) is 0. The molecule has 4 nitrogen and oxygen atoms in total. The third-order valence-electron chi connectivity index (χ3n) is 5.31. The highest BCUT2D eigenvalue weighted by Crippen LogP contribution is 2.71. The number of aliphatic hydroxyl groups is 4. The van der Waals surface area contributed by atoms with E-state index in [1.165, 1.54) is 0 Å². The molecular formula is C22H19Cl3O4P2. The number of rotatable bonds is 3. The van der Waals surface area contributed by atoms with Gasteiger partial charge in [-0.05, 0) is 68.4 Å². The molecule has 0 amide bonds. The number of hydrogen-bond donors (Lipinski definition) is 4. The van der Waals surface area contributed by atoms with Crippen molar-refractivity contribution in [3.8, 4) is 0 Å². The molecule has 1 heterocycles. The van der Waals surface area contributed by atoms with Crippen LogP contribution in [0.2, 0.25) is 15.1 Å². The van der Waals surface area contributed by atoms with Crippen molar-refractivity contribution < 1.29 is 20.4 Å². The minimum Gasteiger partial charge on any atom is -0.385 e. The Labute approximate surface area is 197 Å². The van der Waals surface area contributed by atoms with Gasteiger partial charge in [0.1, 0.15) is 22.9 Å². The molecule has 4 N–H and O–H groups in total. The highest BCUT2D eigenvalue weighted by atomic mass is 35.5. The number of halogens is 3. The van der Waals surface area contributed by atoms with Crippen molar-refractivity contribution in [1.82, 2.24) is 0 Å². The van der Waals surface area contributed by atoms with E-state index in [2.05, 4.69) is 0 Å². The summed E-state index contributed by atoms with van der Waals surface area (Å²) in [5.74, 6) is -3.90. The van der Waals surface area contributed by atoms with Gasteiger partial charge in [-0.25, -0.2) is 0 Å². The van der Waals surface area contributed by atoms with Crippen LogP contribution in [-0.4, -0.2) is 38.0 Å². The first kappa shape index (κ1) is 23.4. The summed E-state index contributed by atoms with van der Waals surface area (Å²) in [6.45, 7) is 0. The molecule has 162 valence electrons. The van der Waals surface area contributed by atoms with Crippen molar-refractivity contribution in [3.05, 3.63) is 93.4 Å². The second kappa shape index (κ2) is 9.23. The average molecular weight is 516 g/mol. The van der Waals surface area contributed by atoms with Crippen LogP contribution in [0.5, 0.6) is 0 Å². The number of hydrogen-bond acceptors (Lipinski definition) is 4. The van der Waals surface area contributed by atoms with E-state index in [0.29, 0.717) is 31.2 Å². The molecule has 0 spiro atoms. The van der Waals surface area contributed by atoms with E-state index in [1.54, 1.807) is 72.8 Å². The molecule has 6 unspecified atom stereocenters. The molecule has 1 fully saturated rings. The second-order valence-electron chi connectivity index (χ2n) is 7.16. The molecule has 1 aliphatic heterocycles. The van der Waals surface area contributed by atoms with Crippen molar-refractivity contribution in [3.63, 3.8) is 0 Å². The van der Waals surface area contributed by atoms with E-state index in [-0.39, 0.29) is 0 Å². The zero-order chi connectivity index (χ0) is 22.3. The minimum atomic E-state index is -1.87. The smallest absolute Gasteiger partial charge is 0.145 e. The molecule has 0 radical (unpaired) electrons. The maximum Gasteiger partial charge on any atom is 0.145 e. The van der Waals surface area contributed by atoms with E-state index in [4.69, 9.17) is 34.8 Å². The van der Waals surface area contributed by atoms with E-state index in [9.17, 15) is 20.4 Å². The average Bonchev–Trinajstić information content (AvgIpc) is 2.76. The Morgan fingerprint density at radius 3 is 1.52 bits per heavy atom. The van der Waals surface area contributed by atoms with Gasteiger partial charge >= 0.3 is 0 Å². The number of aliphatic hydroxyl groups excluding tert-OH is 3. The van der Waals surface area contributed by atoms with Crippen LogP contribution >= 0.6 is 50.6 Å². The van der Waals surface area contributed by atoms with Gasteiger partial charge in [0.05, 0.1) is 0 Å². The lowest BCUT2D eigenvalue weighted by molar-refractivity contribution is 0.0129. The van der Waals surface area contributed by atoms with E-state index >= 15 is 0 Å². The molecule has 3 aromatic rings. The molecule has 0 bridgehead atoms. The molecule has 0 aliphatic carbocycles. The van der Waals surface area contributed by atoms with Gasteiger partial charge in [0.2, 0.25) is 0 Å². The Hall–Kier alpha value is -0.770. The maximum absolute atomic E-state index is 12.1. The van der Waals surface area contributed by atoms with Gasteiger partial charge in [0.15, 0.2) is 0 Å². The summed E-state index contributed by atoms with van der Waals surface area (Å²) < 4.78 is 0. The molecule has 9 heteroatoms. The van der Waals surface area contributed by atoms with Gasteiger partial charge in [0.25, 0.3) is 0 Å². The Morgan fingerprint density at radius 2 is 1.03 bits per heavy atom. The van der Waals surface area contributed by atoms with Gasteiger partial charge in [-0.1, -0.05) is 71.2 Å². The number of benzene rings is 3. The summed E-state index contributed by atoms with van der Waals surface area (Å²) in [7, 11) is -3.65. The van der Waals surface area contributed by atoms with Crippen LogP contribution in [0.25, 0.3) is 0 Å². The predicted molar refractivity (Wildman–Crippen MR) is 129 cm³/mol. The Morgan fingerprint density at radius 1 is 0.613 bits per heavy atom.